The van der Waals surface area contributed by atoms with Crippen molar-refractivity contribution in [2.24, 2.45) is 0 Å². The van der Waals surface area contributed by atoms with Gasteiger partial charge in [0.2, 0.25) is 0 Å². The predicted molar refractivity (Wildman–Crippen MR) is 214 cm³/mol. The Morgan fingerprint density at radius 1 is 0.500 bits per heavy atom. The van der Waals surface area contributed by atoms with Gasteiger partial charge in [0, 0.05) is 34.5 Å². The highest BCUT2D eigenvalue weighted by Crippen LogP contribution is 2.62. The quantitative estimate of drug-likeness (QED) is 0.183. The van der Waals surface area contributed by atoms with Crippen LogP contribution >= 0.6 is 0 Å². The summed E-state index contributed by atoms with van der Waals surface area (Å²) in [6.07, 6.45) is 7.00. The lowest BCUT2D eigenvalue weighted by molar-refractivity contribution is 0.700. The molecule has 2 heterocycles. The normalized spacial score (nSPS) is 16.5. The maximum atomic E-state index is 5.20. The standard InChI is InChI=1S/C49H33N3/c1-3-14-32(15-4-1)34-17-12-21-38(29-34)51-45-27-13-24-41-39-22-7-8-23-40(39)42-30-36(31-46(51)48(42)47(41)45)33-16-11-18-35(28-33)49-50-43-25-9-10-26-44(43)52(49)37-19-5-2-6-20-37/h1-31,41,47H. The molecule has 2 aliphatic carbocycles. The Balaban J connectivity index is 1.12. The van der Waals surface area contributed by atoms with Gasteiger partial charge in [0.25, 0.3) is 0 Å². The van der Waals surface area contributed by atoms with Gasteiger partial charge >= 0.3 is 0 Å². The van der Waals surface area contributed by atoms with E-state index in [9.17, 15) is 0 Å². The summed E-state index contributed by atoms with van der Waals surface area (Å²) in [7, 11) is 0. The summed E-state index contributed by atoms with van der Waals surface area (Å²) in [5, 5.41) is 0. The lowest BCUT2D eigenvalue weighted by Gasteiger charge is -2.33. The maximum absolute atomic E-state index is 5.20. The summed E-state index contributed by atoms with van der Waals surface area (Å²) >= 11 is 0. The summed E-state index contributed by atoms with van der Waals surface area (Å²) in [6.45, 7) is 0. The SMILES string of the molecule is C1=CC2c3ccccc3-c3cc(-c4cccc(-c5nc6ccccc6n5-c5ccccc5)c4)cc4c3C2C(=C1)N4c1cccc(-c2ccccc2)c1. The molecule has 52 heavy (non-hydrogen) atoms. The molecule has 3 nitrogen and oxygen atoms in total. The van der Waals surface area contributed by atoms with Crippen molar-refractivity contribution in [3.8, 4) is 50.5 Å². The second-order valence-electron chi connectivity index (χ2n) is 14.0. The van der Waals surface area contributed by atoms with E-state index in [1.807, 2.05) is 0 Å². The third kappa shape index (κ3) is 4.36. The molecule has 244 valence electrons. The van der Waals surface area contributed by atoms with Crippen LogP contribution in [0.2, 0.25) is 0 Å². The third-order valence-electron chi connectivity index (χ3n) is 11.1. The van der Waals surface area contributed by atoms with Crippen LogP contribution in [0.15, 0.2) is 194 Å². The number of hydrogen-bond acceptors (Lipinski definition) is 2. The minimum absolute atomic E-state index is 0.261. The van der Waals surface area contributed by atoms with Crippen LogP contribution in [0.5, 0.6) is 0 Å². The molecule has 0 saturated carbocycles. The molecule has 11 rings (SSSR count). The average Bonchev–Trinajstić information content (AvgIpc) is 3.78. The van der Waals surface area contributed by atoms with E-state index in [4.69, 9.17) is 4.98 Å². The summed E-state index contributed by atoms with van der Waals surface area (Å²) in [4.78, 5) is 7.72. The van der Waals surface area contributed by atoms with Gasteiger partial charge in [-0.2, -0.15) is 0 Å². The molecule has 0 N–H and O–H groups in total. The van der Waals surface area contributed by atoms with Crippen LogP contribution in [0.4, 0.5) is 11.4 Å². The molecule has 2 unspecified atom stereocenters. The van der Waals surface area contributed by atoms with Crippen LogP contribution in [0.1, 0.15) is 23.0 Å². The molecule has 7 aromatic carbocycles. The number of benzene rings is 7. The van der Waals surface area contributed by atoms with Crippen LogP contribution in [0.25, 0.3) is 61.5 Å². The first kappa shape index (κ1) is 29.1. The molecule has 0 amide bonds. The molecule has 3 aliphatic rings. The van der Waals surface area contributed by atoms with Gasteiger partial charge in [0.15, 0.2) is 0 Å². The van der Waals surface area contributed by atoms with Crippen molar-refractivity contribution >= 4 is 22.4 Å². The van der Waals surface area contributed by atoms with Crippen LogP contribution in [-0.2, 0) is 0 Å². The number of anilines is 2. The lowest BCUT2D eigenvalue weighted by Crippen LogP contribution is -2.20. The van der Waals surface area contributed by atoms with E-state index in [2.05, 4.69) is 198 Å². The summed E-state index contributed by atoms with van der Waals surface area (Å²) in [5.41, 5.74) is 18.3. The number of allylic oxidation sites excluding steroid dienone is 4. The second kappa shape index (κ2) is 11.4. The van der Waals surface area contributed by atoms with Crippen molar-refractivity contribution in [2.45, 2.75) is 11.8 Å². The number of nitrogens with zero attached hydrogens (tertiary/aromatic N) is 3. The highest BCUT2D eigenvalue weighted by atomic mass is 15.2. The minimum atomic E-state index is 0.261. The van der Waals surface area contributed by atoms with E-state index in [1.165, 1.54) is 61.6 Å². The van der Waals surface area contributed by atoms with E-state index >= 15 is 0 Å². The Morgan fingerprint density at radius 3 is 2.08 bits per heavy atom. The number of para-hydroxylation sites is 3. The first-order valence-corrected chi connectivity index (χ1v) is 18.1. The zero-order valence-corrected chi connectivity index (χ0v) is 28.4. The summed E-state index contributed by atoms with van der Waals surface area (Å²) in [5.74, 6) is 1.49. The average molecular weight is 664 g/mol. The summed E-state index contributed by atoms with van der Waals surface area (Å²) in [6, 6.07) is 61.5. The van der Waals surface area contributed by atoms with Gasteiger partial charge in [-0.25, -0.2) is 4.98 Å². The van der Waals surface area contributed by atoms with Gasteiger partial charge in [0.05, 0.1) is 16.7 Å². The van der Waals surface area contributed by atoms with Gasteiger partial charge in [-0.1, -0.05) is 127 Å². The first-order chi connectivity index (χ1) is 25.8. The Hall–Kier alpha value is -6.71. The third-order valence-corrected chi connectivity index (χ3v) is 11.1. The number of rotatable bonds is 5. The molecule has 3 heteroatoms. The van der Waals surface area contributed by atoms with Crippen molar-refractivity contribution in [3.05, 3.63) is 205 Å². The van der Waals surface area contributed by atoms with Gasteiger partial charge in [0.1, 0.15) is 5.82 Å². The van der Waals surface area contributed by atoms with Crippen molar-refractivity contribution in [1.82, 2.24) is 9.55 Å². The van der Waals surface area contributed by atoms with Gasteiger partial charge < -0.3 is 4.90 Å². The topological polar surface area (TPSA) is 21.1 Å². The molecule has 1 aliphatic heterocycles. The highest BCUT2D eigenvalue weighted by Gasteiger charge is 2.45. The Kier molecular flexibility index (Phi) is 6.38. The van der Waals surface area contributed by atoms with E-state index in [1.54, 1.807) is 0 Å². The smallest absolute Gasteiger partial charge is 0.145 e. The molecular weight excluding hydrogens is 631 g/mol. The summed E-state index contributed by atoms with van der Waals surface area (Å²) < 4.78 is 2.28. The monoisotopic (exact) mass is 663 g/mol. The molecule has 1 aromatic heterocycles. The van der Waals surface area contributed by atoms with Crippen LogP contribution in [0.3, 0.4) is 0 Å². The van der Waals surface area contributed by atoms with Crippen molar-refractivity contribution < 1.29 is 0 Å². The second-order valence-corrected chi connectivity index (χ2v) is 14.0. The van der Waals surface area contributed by atoms with Crippen molar-refractivity contribution in [1.29, 1.82) is 0 Å². The number of imidazole rings is 1. The predicted octanol–water partition coefficient (Wildman–Crippen LogP) is 12.5. The number of hydrogen-bond donors (Lipinski definition) is 0. The highest BCUT2D eigenvalue weighted by molar-refractivity contribution is 5.95. The van der Waals surface area contributed by atoms with E-state index < -0.39 is 0 Å². The molecule has 0 saturated heterocycles. The zero-order chi connectivity index (χ0) is 34.2. The Bertz CT molecular complexity index is 2750. The van der Waals surface area contributed by atoms with Crippen LogP contribution in [0, 0.1) is 0 Å². The van der Waals surface area contributed by atoms with Crippen LogP contribution in [-0.4, -0.2) is 9.55 Å². The van der Waals surface area contributed by atoms with E-state index in [-0.39, 0.29) is 5.92 Å². The van der Waals surface area contributed by atoms with Crippen molar-refractivity contribution in [2.75, 3.05) is 4.90 Å². The first-order valence-electron chi connectivity index (χ1n) is 18.1. The van der Waals surface area contributed by atoms with Gasteiger partial charge in [-0.15, -0.1) is 0 Å². The molecule has 0 spiro atoms. The molecule has 0 radical (unpaired) electrons. The fourth-order valence-electron chi connectivity index (χ4n) is 8.85. The maximum Gasteiger partial charge on any atom is 0.145 e. The molecule has 2 atom stereocenters. The Labute approximate surface area is 303 Å². The number of aromatic nitrogens is 2. The van der Waals surface area contributed by atoms with Crippen LogP contribution < -0.4 is 4.90 Å². The van der Waals surface area contributed by atoms with E-state index in [0.717, 1.165) is 28.1 Å². The van der Waals surface area contributed by atoms with E-state index in [0.29, 0.717) is 5.92 Å². The van der Waals surface area contributed by atoms with Crippen molar-refractivity contribution in [3.63, 3.8) is 0 Å². The fraction of sp³-hybridized carbons (Fsp3) is 0.0408. The minimum Gasteiger partial charge on any atom is -0.313 e. The largest absolute Gasteiger partial charge is 0.313 e. The molecule has 0 fully saturated rings. The van der Waals surface area contributed by atoms with Gasteiger partial charge in [-0.05, 0) is 105 Å². The van der Waals surface area contributed by atoms with Gasteiger partial charge in [-0.3, -0.25) is 4.57 Å². The fourth-order valence-corrected chi connectivity index (χ4v) is 8.85. The molecular formula is C49H33N3. The lowest BCUT2D eigenvalue weighted by atomic mass is 9.69. The Morgan fingerprint density at radius 2 is 1.19 bits per heavy atom. The molecule has 0 bridgehead atoms. The zero-order valence-electron chi connectivity index (χ0n) is 28.4. The number of fused-ring (bicyclic) bond motifs is 4. The molecule has 8 aromatic rings.